The van der Waals surface area contributed by atoms with Crippen molar-refractivity contribution in [1.82, 2.24) is 4.57 Å². The number of halogens is 1. The third-order valence-corrected chi connectivity index (χ3v) is 8.28. The van der Waals surface area contributed by atoms with Crippen LogP contribution in [0.3, 0.4) is 0 Å². The number of fused-ring (bicyclic) bond motifs is 3. The van der Waals surface area contributed by atoms with E-state index in [2.05, 4.69) is 22.9 Å². The summed E-state index contributed by atoms with van der Waals surface area (Å²) in [5.41, 5.74) is 2.86. The Morgan fingerprint density at radius 2 is 1.59 bits per heavy atom. The Hall–Kier alpha value is -4.37. The molecule has 0 fully saturated rings. The number of carbonyl (C=O) groups is 1. The Morgan fingerprint density at radius 1 is 0.897 bits per heavy atom. The number of aryl methyl sites for hydroxylation is 1. The molecule has 0 aliphatic rings. The topological polar surface area (TPSA) is 80.6 Å². The lowest BCUT2D eigenvalue weighted by Crippen LogP contribution is -2.38. The smallest absolute Gasteiger partial charge is 0.264 e. The number of nitrogens with one attached hydrogen (secondary N) is 1. The molecule has 0 saturated heterocycles. The van der Waals surface area contributed by atoms with Crippen LogP contribution in [0, 0.1) is 5.82 Å². The molecule has 200 valence electrons. The molecule has 4 aromatic carbocycles. The van der Waals surface area contributed by atoms with Crippen molar-refractivity contribution >= 4 is 49.1 Å². The van der Waals surface area contributed by atoms with Crippen molar-refractivity contribution < 1.29 is 22.3 Å². The van der Waals surface area contributed by atoms with E-state index in [1.54, 1.807) is 18.2 Å². The van der Waals surface area contributed by atoms with Crippen LogP contribution in [0.4, 0.5) is 15.8 Å². The summed E-state index contributed by atoms with van der Waals surface area (Å²) in [6, 6.07) is 24.6. The Labute approximate surface area is 226 Å². The summed E-state index contributed by atoms with van der Waals surface area (Å²) >= 11 is 0. The summed E-state index contributed by atoms with van der Waals surface area (Å²) in [5, 5.41) is 4.89. The van der Waals surface area contributed by atoms with E-state index in [0.717, 1.165) is 44.8 Å². The van der Waals surface area contributed by atoms with Gasteiger partial charge in [-0.1, -0.05) is 18.2 Å². The average Bonchev–Trinajstić information content (AvgIpc) is 3.26. The van der Waals surface area contributed by atoms with Gasteiger partial charge in [0.1, 0.15) is 18.1 Å². The summed E-state index contributed by atoms with van der Waals surface area (Å²) in [7, 11) is -4.16. The second-order valence-corrected chi connectivity index (χ2v) is 10.8. The highest BCUT2D eigenvalue weighted by Crippen LogP contribution is 2.31. The van der Waals surface area contributed by atoms with Crippen LogP contribution in [-0.4, -0.2) is 32.0 Å². The fraction of sp³-hybridized carbons (Fsp3) is 0.167. The van der Waals surface area contributed by atoms with Gasteiger partial charge in [-0.05, 0) is 86.6 Å². The second kappa shape index (κ2) is 10.8. The van der Waals surface area contributed by atoms with Crippen LogP contribution in [0.25, 0.3) is 21.8 Å². The Kier molecular flexibility index (Phi) is 7.26. The van der Waals surface area contributed by atoms with Crippen LogP contribution >= 0.6 is 0 Å². The van der Waals surface area contributed by atoms with Crippen molar-refractivity contribution in [3.05, 3.63) is 96.8 Å². The van der Waals surface area contributed by atoms with Gasteiger partial charge in [0.25, 0.3) is 10.0 Å². The number of sulfonamides is 1. The number of benzene rings is 4. The molecule has 39 heavy (non-hydrogen) atoms. The van der Waals surface area contributed by atoms with Crippen LogP contribution < -0.4 is 14.4 Å². The van der Waals surface area contributed by atoms with Gasteiger partial charge in [0, 0.05) is 34.0 Å². The number of nitrogens with zero attached hydrogens (tertiary/aromatic N) is 2. The third kappa shape index (κ3) is 5.18. The first-order chi connectivity index (χ1) is 18.8. The SMILES string of the molecule is CCOc1ccc(S(=O)(=O)N(CC(=O)Nc2ccc3c(c2)c2ccccc2n3CC)c2ccc(F)cc2)cc1. The molecule has 7 nitrogen and oxygen atoms in total. The third-order valence-electron chi connectivity index (χ3n) is 6.50. The largest absolute Gasteiger partial charge is 0.494 e. The average molecular weight is 546 g/mol. The van der Waals surface area contributed by atoms with Crippen molar-refractivity contribution in [1.29, 1.82) is 0 Å². The van der Waals surface area contributed by atoms with Crippen LogP contribution in [0.15, 0.2) is 95.9 Å². The number of aromatic nitrogens is 1. The molecule has 0 atom stereocenters. The zero-order chi connectivity index (χ0) is 27.6. The zero-order valence-electron chi connectivity index (χ0n) is 21.6. The minimum atomic E-state index is -4.16. The minimum Gasteiger partial charge on any atom is -0.494 e. The fourth-order valence-corrected chi connectivity index (χ4v) is 6.15. The molecule has 9 heteroatoms. The molecule has 5 rings (SSSR count). The monoisotopic (exact) mass is 545 g/mol. The quantitative estimate of drug-likeness (QED) is 0.240. The van der Waals surface area contributed by atoms with Gasteiger partial charge >= 0.3 is 0 Å². The Balaban J connectivity index is 1.46. The number of hydrogen-bond donors (Lipinski definition) is 1. The lowest BCUT2D eigenvalue weighted by molar-refractivity contribution is -0.114. The van der Waals surface area contributed by atoms with E-state index >= 15 is 0 Å². The molecule has 1 aromatic heterocycles. The van der Waals surface area contributed by atoms with E-state index in [9.17, 15) is 17.6 Å². The first kappa shape index (κ1) is 26.2. The molecule has 0 saturated carbocycles. The predicted octanol–water partition coefficient (Wildman–Crippen LogP) is 6.19. The molecular weight excluding hydrogens is 517 g/mol. The van der Waals surface area contributed by atoms with Crippen molar-refractivity contribution in [2.24, 2.45) is 0 Å². The van der Waals surface area contributed by atoms with Gasteiger partial charge in [0.05, 0.1) is 17.2 Å². The lowest BCUT2D eigenvalue weighted by atomic mass is 10.1. The first-order valence-corrected chi connectivity index (χ1v) is 14.1. The predicted molar refractivity (Wildman–Crippen MR) is 152 cm³/mol. The normalized spacial score (nSPS) is 11.6. The molecule has 5 aromatic rings. The molecule has 0 aliphatic carbocycles. The number of ether oxygens (including phenoxy) is 1. The number of carbonyl (C=O) groups excluding carboxylic acids is 1. The van der Waals surface area contributed by atoms with E-state index in [4.69, 9.17) is 4.74 Å². The molecule has 0 radical (unpaired) electrons. The maximum Gasteiger partial charge on any atom is 0.264 e. The van der Waals surface area contributed by atoms with E-state index in [1.165, 1.54) is 24.3 Å². The maximum absolute atomic E-state index is 13.6. The van der Waals surface area contributed by atoms with Crippen molar-refractivity contribution in [3.63, 3.8) is 0 Å². The summed E-state index contributed by atoms with van der Waals surface area (Å²) in [4.78, 5) is 13.2. The molecule has 0 aliphatic heterocycles. The van der Waals surface area contributed by atoms with Crippen LogP contribution in [0.5, 0.6) is 5.75 Å². The maximum atomic E-state index is 13.6. The highest BCUT2D eigenvalue weighted by Gasteiger charge is 2.27. The van der Waals surface area contributed by atoms with Crippen LogP contribution in [0.1, 0.15) is 13.8 Å². The van der Waals surface area contributed by atoms with E-state index in [0.29, 0.717) is 18.0 Å². The van der Waals surface area contributed by atoms with Gasteiger partial charge in [-0.3, -0.25) is 9.10 Å². The number of amides is 1. The van der Waals surface area contributed by atoms with Gasteiger partial charge in [-0.15, -0.1) is 0 Å². The van der Waals surface area contributed by atoms with E-state index in [-0.39, 0.29) is 10.6 Å². The van der Waals surface area contributed by atoms with E-state index in [1.807, 2.05) is 37.3 Å². The summed E-state index contributed by atoms with van der Waals surface area (Å²) < 4.78 is 49.5. The molecule has 0 spiro atoms. The van der Waals surface area contributed by atoms with Crippen LogP contribution in [0.2, 0.25) is 0 Å². The highest BCUT2D eigenvalue weighted by atomic mass is 32.2. The molecule has 1 heterocycles. The highest BCUT2D eigenvalue weighted by molar-refractivity contribution is 7.92. The molecule has 1 amide bonds. The molecule has 1 N–H and O–H groups in total. The molecule has 0 unspecified atom stereocenters. The van der Waals surface area contributed by atoms with Gasteiger partial charge in [0.2, 0.25) is 5.91 Å². The summed E-state index contributed by atoms with van der Waals surface area (Å²) in [5.74, 6) is -0.518. The zero-order valence-corrected chi connectivity index (χ0v) is 22.4. The molecular formula is C30H28FN3O4S. The van der Waals surface area contributed by atoms with Gasteiger partial charge in [0.15, 0.2) is 0 Å². The van der Waals surface area contributed by atoms with Crippen molar-refractivity contribution in [3.8, 4) is 5.75 Å². The number of rotatable bonds is 9. The standard InChI is InChI=1S/C30H28FN3O4S/c1-3-33-28-8-6-5-7-26(28)27-19-22(11-18-29(27)33)32-30(35)20-34(23-12-9-21(31)10-13-23)39(36,37)25-16-14-24(15-17-25)38-4-2/h5-19H,3-4,20H2,1-2H3,(H,32,35). The Bertz CT molecular complexity index is 1750. The van der Waals surface area contributed by atoms with Crippen molar-refractivity contribution in [2.45, 2.75) is 25.3 Å². The number of para-hydroxylation sites is 1. The minimum absolute atomic E-state index is 0.0168. The lowest BCUT2D eigenvalue weighted by Gasteiger charge is -2.24. The first-order valence-electron chi connectivity index (χ1n) is 12.6. The van der Waals surface area contributed by atoms with Gasteiger partial charge < -0.3 is 14.6 Å². The van der Waals surface area contributed by atoms with Crippen LogP contribution in [-0.2, 0) is 21.4 Å². The molecule has 0 bridgehead atoms. The van der Waals surface area contributed by atoms with Gasteiger partial charge in [-0.2, -0.15) is 0 Å². The second-order valence-electron chi connectivity index (χ2n) is 8.93. The van der Waals surface area contributed by atoms with Gasteiger partial charge in [-0.25, -0.2) is 12.8 Å². The summed E-state index contributed by atoms with van der Waals surface area (Å²) in [6.07, 6.45) is 0. The van der Waals surface area contributed by atoms with E-state index < -0.39 is 28.3 Å². The summed E-state index contributed by atoms with van der Waals surface area (Å²) in [6.45, 7) is 4.65. The number of hydrogen-bond acceptors (Lipinski definition) is 4. The van der Waals surface area contributed by atoms with Crippen molar-refractivity contribution in [2.75, 3.05) is 22.8 Å². The fourth-order valence-electron chi connectivity index (χ4n) is 4.73. The number of anilines is 2. The Morgan fingerprint density at radius 3 is 2.28 bits per heavy atom.